The lowest BCUT2D eigenvalue weighted by Crippen LogP contribution is -2.24. The Balaban J connectivity index is 1.48. The molecule has 3 aromatic heterocycles. The average Bonchev–Trinajstić information content (AvgIpc) is 3.10. The smallest absolute Gasteiger partial charge is 0.159 e. The number of aromatic amines is 1. The SMILES string of the molecule is c1cc2c(n1)ncc1cn[nH]c(N3CCC(OCC4CC4)C3)c12. The molecule has 1 aliphatic heterocycles. The molecule has 1 saturated heterocycles. The van der Waals surface area contributed by atoms with Crippen LogP contribution in [0.15, 0.2) is 24.7 Å². The van der Waals surface area contributed by atoms with E-state index in [4.69, 9.17) is 4.74 Å². The normalized spacial score (nSPS) is 21.6. The van der Waals surface area contributed by atoms with Crippen molar-refractivity contribution in [2.75, 3.05) is 24.6 Å². The lowest BCUT2D eigenvalue weighted by Gasteiger charge is -2.20. The molecule has 6 nitrogen and oxygen atoms in total. The molecule has 23 heavy (non-hydrogen) atoms. The van der Waals surface area contributed by atoms with Gasteiger partial charge in [0.15, 0.2) is 5.65 Å². The molecule has 0 spiro atoms. The topological polar surface area (TPSA) is 66.9 Å². The van der Waals surface area contributed by atoms with Crippen molar-refractivity contribution in [2.45, 2.75) is 25.4 Å². The molecule has 5 rings (SSSR count). The van der Waals surface area contributed by atoms with Crippen LogP contribution in [0, 0.1) is 5.92 Å². The summed E-state index contributed by atoms with van der Waals surface area (Å²) in [6.45, 7) is 2.84. The van der Waals surface area contributed by atoms with Crippen molar-refractivity contribution in [1.82, 2.24) is 20.2 Å². The first kappa shape index (κ1) is 13.2. The van der Waals surface area contributed by atoms with E-state index in [0.29, 0.717) is 6.10 Å². The quantitative estimate of drug-likeness (QED) is 0.802. The Morgan fingerprint density at radius 3 is 3.09 bits per heavy atom. The van der Waals surface area contributed by atoms with Gasteiger partial charge in [0.2, 0.25) is 0 Å². The van der Waals surface area contributed by atoms with Crippen LogP contribution in [0.5, 0.6) is 0 Å². The molecule has 0 aromatic carbocycles. The Morgan fingerprint density at radius 1 is 1.22 bits per heavy atom. The van der Waals surface area contributed by atoms with Crippen molar-refractivity contribution in [3.8, 4) is 0 Å². The summed E-state index contributed by atoms with van der Waals surface area (Å²) in [6.07, 6.45) is 9.58. The average molecular weight is 309 g/mol. The molecule has 0 amide bonds. The van der Waals surface area contributed by atoms with Gasteiger partial charge in [-0.25, -0.2) is 9.97 Å². The molecule has 1 saturated carbocycles. The predicted octanol–water partition coefficient (Wildman–Crippen LogP) is 2.51. The first-order valence-electron chi connectivity index (χ1n) is 8.32. The van der Waals surface area contributed by atoms with E-state index in [2.05, 4.69) is 25.1 Å². The molecule has 4 heterocycles. The van der Waals surface area contributed by atoms with E-state index in [1.165, 1.54) is 12.8 Å². The first-order chi connectivity index (χ1) is 11.4. The zero-order valence-electron chi connectivity index (χ0n) is 12.9. The molecule has 1 N–H and O–H groups in total. The van der Waals surface area contributed by atoms with Crippen LogP contribution >= 0.6 is 0 Å². The molecule has 3 aromatic rings. The van der Waals surface area contributed by atoms with Crippen molar-refractivity contribution in [3.63, 3.8) is 0 Å². The number of fused-ring (bicyclic) bond motifs is 3. The number of hydrogen-bond donors (Lipinski definition) is 1. The van der Waals surface area contributed by atoms with Gasteiger partial charge in [0.1, 0.15) is 5.82 Å². The van der Waals surface area contributed by atoms with E-state index in [1.54, 1.807) is 0 Å². The number of hydrogen-bond acceptors (Lipinski definition) is 5. The molecular weight excluding hydrogens is 290 g/mol. The van der Waals surface area contributed by atoms with E-state index in [1.807, 2.05) is 24.7 Å². The maximum Gasteiger partial charge on any atom is 0.159 e. The highest BCUT2D eigenvalue weighted by atomic mass is 16.5. The van der Waals surface area contributed by atoms with Gasteiger partial charge in [-0.3, -0.25) is 5.10 Å². The lowest BCUT2D eigenvalue weighted by atomic mass is 10.1. The van der Waals surface area contributed by atoms with Crippen LogP contribution < -0.4 is 4.90 Å². The van der Waals surface area contributed by atoms with E-state index < -0.39 is 0 Å². The number of anilines is 1. The van der Waals surface area contributed by atoms with Gasteiger partial charge in [0.25, 0.3) is 0 Å². The van der Waals surface area contributed by atoms with Crippen LogP contribution in [-0.4, -0.2) is 46.0 Å². The summed E-state index contributed by atoms with van der Waals surface area (Å²) in [7, 11) is 0. The second-order valence-electron chi connectivity index (χ2n) is 6.62. The minimum absolute atomic E-state index is 0.328. The third-order valence-corrected chi connectivity index (χ3v) is 4.90. The summed E-state index contributed by atoms with van der Waals surface area (Å²) < 4.78 is 6.06. The fraction of sp³-hybridized carbons (Fsp3) is 0.471. The Kier molecular flexibility index (Phi) is 2.97. The van der Waals surface area contributed by atoms with Crippen LogP contribution in [-0.2, 0) is 4.74 Å². The maximum absolute atomic E-state index is 6.06. The van der Waals surface area contributed by atoms with Gasteiger partial charge >= 0.3 is 0 Å². The highest BCUT2D eigenvalue weighted by molar-refractivity contribution is 6.09. The molecule has 118 valence electrons. The van der Waals surface area contributed by atoms with Crippen LogP contribution in [0.3, 0.4) is 0 Å². The molecular formula is C17H19N5O. The van der Waals surface area contributed by atoms with Crippen LogP contribution in [0.2, 0.25) is 0 Å². The van der Waals surface area contributed by atoms with Crippen LogP contribution in [0.4, 0.5) is 5.82 Å². The molecule has 1 unspecified atom stereocenters. The fourth-order valence-electron chi connectivity index (χ4n) is 3.41. The molecule has 1 aliphatic carbocycles. The fourth-order valence-corrected chi connectivity index (χ4v) is 3.41. The van der Waals surface area contributed by atoms with E-state index in [0.717, 1.165) is 59.7 Å². The third kappa shape index (κ3) is 2.34. The first-order valence-corrected chi connectivity index (χ1v) is 8.32. The number of nitrogens with zero attached hydrogens (tertiary/aromatic N) is 4. The summed E-state index contributed by atoms with van der Waals surface area (Å²) in [5.74, 6) is 1.87. The lowest BCUT2D eigenvalue weighted by molar-refractivity contribution is 0.0605. The molecule has 2 fully saturated rings. The monoisotopic (exact) mass is 309 g/mol. The van der Waals surface area contributed by atoms with Crippen LogP contribution in [0.25, 0.3) is 21.8 Å². The van der Waals surface area contributed by atoms with Crippen molar-refractivity contribution in [3.05, 3.63) is 24.7 Å². The second kappa shape index (κ2) is 5.16. The summed E-state index contributed by atoms with van der Waals surface area (Å²) in [5.41, 5.74) is 0.791. The highest BCUT2D eigenvalue weighted by Gasteiger charge is 2.28. The number of aromatic nitrogens is 4. The van der Waals surface area contributed by atoms with E-state index >= 15 is 0 Å². The largest absolute Gasteiger partial charge is 0.376 e. The standard InChI is InChI=1S/C17H19N5O/c1-2-11(1)10-23-13-4-6-22(9-13)17-15-12(8-20-21-17)7-19-16-14(15)3-5-18-16/h3,5,7-8,11,13,21H,1-2,4,6,9-10H2. The number of nitrogens with one attached hydrogen (secondary N) is 1. The zero-order valence-corrected chi connectivity index (χ0v) is 12.9. The van der Waals surface area contributed by atoms with Crippen molar-refractivity contribution >= 4 is 27.6 Å². The van der Waals surface area contributed by atoms with Gasteiger partial charge in [-0.1, -0.05) is 0 Å². The Bertz CT molecular complexity index is 856. The molecule has 6 heteroatoms. The van der Waals surface area contributed by atoms with Gasteiger partial charge in [0, 0.05) is 48.2 Å². The summed E-state index contributed by atoms with van der Waals surface area (Å²) >= 11 is 0. The van der Waals surface area contributed by atoms with Gasteiger partial charge in [0.05, 0.1) is 12.3 Å². The number of ether oxygens (including phenoxy) is 1. The summed E-state index contributed by atoms with van der Waals surface area (Å²) in [5, 5.41) is 10.8. The second-order valence-corrected chi connectivity index (χ2v) is 6.62. The Labute approximate surface area is 133 Å². The van der Waals surface area contributed by atoms with E-state index in [9.17, 15) is 0 Å². The molecule has 0 bridgehead atoms. The van der Waals surface area contributed by atoms with Crippen molar-refractivity contribution < 1.29 is 4.74 Å². The maximum atomic E-state index is 6.06. The molecule has 0 radical (unpaired) electrons. The Morgan fingerprint density at radius 2 is 2.17 bits per heavy atom. The zero-order chi connectivity index (χ0) is 15.2. The summed E-state index contributed by atoms with van der Waals surface area (Å²) in [6, 6.07) is 2.03. The van der Waals surface area contributed by atoms with Crippen LogP contribution in [0.1, 0.15) is 19.3 Å². The minimum atomic E-state index is 0.328. The molecule has 2 aliphatic rings. The highest BCUT2D eigenvalue weighted by Crippen LogP contribution is 2.33. The predicted molar refractivity (Wildman–Crippen MR) is 88.5 cm³/mol. The van der Waals surface area contributed by atoms with E-state index in [-0.39, 0.29) is 0 Å². The molecule has 1 atom stereocenters. The van der Waals surface area contributed by atoms with Gasteiger partial charge in [-0.05, 0) is 31.2 Å². The number of rotatable bonds is 4. The Hall–Kier alpha value is -2.21. The number of H-pyrrole nitrogens is 1. The van der Waals surface area contributed by atoms with Gasteiger partial charge in [-0.2, -0.15) is 5.10 Å². The third-order valence-electron chi connectivity index (χ3n) is 4.90. The van der Waals surface area contributed by atoms with Crippen molar-refractivity contribution in [2.24, 2.45) is 5.92 Å². The summed E-state index contributed by atoms with van der Waals surface area (Å²) in [4.78, 5) is 11.1. The van der Waals surface area contributed by atoms with Crippen molar-refractivity contribution in [1.29, 1.82) is 0 Å². The number of pyridine rings is 1. The van der Waals surface area contributed by atoms with Gasteiger partial charge in [-0.15, -0.1) is 0 Å². The van der Waals surface area contributed by atoms with Gasteiger partial charge < -0.3 is 9.64 Å². The minimum Gasteiger partial charge on any atom is -0.376 e.